The number of benzene rings is 1. The fourth-order valence-electron chi connectivity index (χ4n) is 3.52. The van der Waals surface area contributed by atoms with Crippen molar-refractivity contribution in [2.75, 3.05) is 13.1 Å². The summed E-state index contributed by atoms with van der Waals surface area (Å²) in [7, 11) is 0. The second-order valence-electron chi connectivity index (χ2n) is 7.02. The van der Waals surface area contributed by atoms with Crippen LogP contribution in [0.2, 0.25) is 0 Å². The summed E-state index contributed by atoms with van der Waals surface area (Å²) >= 11 is 1.37. The van der Waals surface area contributed by atoms with Gasteiger partial charge in [-0.2, -0.15) is 5.26 Å². The Morgan fingerprint density at radius 1 is 1.07 bits per heavy atom. The number of likely N-dealkylation sites (tertiary alicyclic amines) is 1. The van der Waals surface area contributed by atoms with Gasteiger partial charge in [0, 0.05) is 11.9 Å². The Morgan fingerprint density at radius 2 is 1.83 bits per heavy atom. The van der Waals surface area contributed by atoms with E-state index in [1.807, 2.05) is 4.57 Å². The van der Waals surface area contributed by atoms with Gasteiger partial charge in [0.25, 0.3) is 0 Å². The first-order chi connectivity index (χ1) is 14.2. The normalized spacial score (nSPS) is 15.8. The molecule has 0 bridgehead atoms. The second kappa shape index (κ2) is 8.72. The molecule has 0 N–H and O–H groups in total. The maximum absolute atomic E-state index is 13.5. The summed E-state index contributed by atoms with van der Waals surface area (Å²) in [6.07, 6.45) is 5.18. The number of hydrogen-bond acceptors (Lipinski definition) is 6. The number of piperidine rings is 1. The van der Waals surface area contributed by atoms with E-state index < -0.39 is 0 Å². The standard InChI is InChI=1S/C21H21FN6S/c1-15(27-11-3-2-4-12-27)20-25-26-21(28(20)18-8-6-17(22)7-9-18)29-19-10-5-16(13-23)14-24-19/h5-10,14-15H,2-4,11-12H2,1H3/t15-/m1/s1. The Kier molecular flexibility index (Phi) is 5.88. The average molecular weight is 409 g/mol. The second-order valence-corrected chi connectivity index (χ2v) is 8.01. The van der Waals surface area contributed by atoms with Crippen LogP contribution in [0.5, 0.6) is 0 Å². The van der Waals surface area contributed by atoms with Gasteiger partial charge < -0.3 is 0 Å². The van der Waals surface area contributed by atoms with Crippen molar-refractivity contribution in [2.45, 2.75) is 42.4 Å². The quantitative estimate of drug-likeness (QED) is 0.624. The van der Waals surface area contributed by atoms with E-state index in [0.717, 1.165) is 29.6 Å². The van der Waals surface area contributed by atoms with Crippen molar-refractivity contribution in [3.05, 3.63) is 59.8 Å². The number of pyridine rings is 1. The molecule has 1 atom stereocenters. The van der Waals surface area contributed by atoms with Crippen molar-refractivity contribution >= 4 is 11.8 Å². The van der Waals surface area contributed by atoms with Gasteiger partial charge in [0.15, 0.2) is 5.82 Å². The molecule has 1 fully saturated rings. The first-order valence-electron chi connectivity index (χ1n) is 9.65. The van der Waals surface area contributed by atoms with E-state index in [0.29, 0.717) is 10.7 Å². The van der Waals surface area contributed by atoms with Gasteiger partial charge in [0.2, 0.25) is 5.16 Å². The van der Waals surface area contributed by atoms with Crippen LogP contribution in [0, 0.1) is 17.1 Å². The van der Waals surface area contributed by atoms with Crippen LogP contribution in [0.25, 0.3) is 5.69 Å². The van der Waals surface area contributed by atoms with Crippen molar-refractivity contribution in [1.29, 1.82) is 5.26 Å². The molecule has 4 rings (SSSR count). The summed E-state index contributed by atoms with van der Waals surface area (Å²) in [5, 5.41) is 19.3. The largest absolute Gasteiger partial charge is 0.294 e. The van der Waals surface area contributed by atoms with E-state index in [-0.39, 0.29) is 11.9 Å². The summed E-state index contributed by atoms with van der Waals surface area (Å²) in [5.74, 6) is 0.546. The predicted molar refractivity (Wildman–Crippen MR) is 108 cm³/mol. The molecule has 6 nitrogen and oxygen atoms in total. The van der Waals surface area contributed by atoms with Crippen molar-refractivity contribution in [1.82, 2.24) is 24.6 Å². The molecule has 148 valence electrons. The SMILES string of the molecule is C[C@H](c1nnc(Sc2ccc(C#N)cn2)n1-c1ccc(F)cc1)N1CCCCC1. The van der Waals surface area contributed by atoms with Crippen molar-refractivity contribution in [3.63, 3.8) is 0 Å². The maximum Gasteiger partial charge on any atom is 0.202 e. The van der Waals surface area contributed by atoms with Crippen LogP contribution in [0.1, 0.15) is 43.6 Å². The fraction of sp³-hybridized carbons (Fsp3) is 0.333. The van der Waals surface area contributed by atoms with E-state index >= 15 is 0 Å². The lowest BCUT2D eigenvalue weighted by atomic mass is 10.1. The summed E-state index contributed by atoms with van der Waals surface area (Å²) < 4.78 is 15.5. The van der Waals surface area contributed by atoms with Crippen molar-refractivity contribution in [2.24, 2.45) is 0 Å². The molecular formula is C21H21FN6S. The predicted octanol–water partition coefficient (Wildman–Crippen LogP) is 4.37. The molecule has 3 aromatic rings. The van der Waals surface area contributed by atoms with Crippen molar-refractivity contribution < 1.29 is 4.39 Å². The molecule has 0 spiro atoms. The Bertz CT molecular complexity index is 1000. The molecule has 0 amide bonds. The van der Waals surface area contributed by atoms with Crippen LogP contribution in [-0.2, 0) is 0 Å². The minimum Gasteiger partial charge on any atom is -0.294 e. The van der Waals surface area contributed by atoms with Gasteiger partial charge in [-0.3, -0.25) is 9.47 Å². The van der Waals surface area contributed by atoms with E-state index in [1.165, 1.54) is 49.4 Å². The lowest BCUT2D eigenvalue weighted by molar-refractivity contribution is 0.167. The molecule has 3 heterocycles. The number of nitriles is 1. The first kappa shape index (κ1) is 19.6. The van der Waals surface area contributed by atoms with Gasteiger partial charge in [-0.1, -0.05) is 6.42 Å². The Morgan fingerprint density at radius 3 is 2.48 bits per heavy atom. The minimum atomic E-state index is -0.282. The summed E-state index contributed by atoms with van der Waals surface area (Å²) in [6.45, 7) is 4.22. The molecule has 1 aliphatic rings. The molecule has 0 unspecified atom stereocenters. The Balaban J connectivity index is 1.71. The highest BCUT2D eigenvalue weighted by molar-refractivity contribution is 7.99. The highest BCUT2D eigenvalue weighted by Gasteiger charge is 2.25. The number of hydrogen-bond donors (Lipinski definition) is 0. The molecule has 0 radical (unpaired) electrons. The summed E-state index contributed by atoms with van der Waals surface area (Å²) in [6, 6.07) is 12.0. The van der Waals surface area contributed by atoms with Crippen LogP contribution < -0.4 is 0 Å². The van der Waals surface area contributed by atoms with Gasteiger partial charge in [-0.25, -0.2) is 9.37 Å². The fourth-order valence-corrected chi connectivity index (χ4v) is 4.32. The zero-order valence-corrected chi connectivity index (χ0v) is 16.9. The third kappa shape index (κ3) is 4.31. The van der Waals surface area contributed by atoms with Crippen LogP contribution in [0.4, 0.5) is 4.39 Å². The lowest BCUT2D eigenvalue weighted by Crippen LogP contribution is -2.33. The highest BCUT2D eigenvalue weighted by Crippen LogP contribution is 2.32. The average Bonchev–Trinajstić information content (AvgIpc) is 3.18. The first-order valence-corrected chi connectivity index (χ1v) is 10.5. The van der Waals surface area contributed by atoms with Crippen molar-refractivity contribution in [3.8, 4) is 11.8 Å². The maximum atomic E-state index is 13.5. The van der Waals surface area contributed by atoms with E-state index in [9.17, 15) is 4.39 Å². The van der Waals surface area contributed by atoms with Crippen LogP contribution in [-0.4, -0.2) is 37.7 Å². The molecule has 8 heteroatoms. The smallest absolute Gasteiger partial charge is 0.202 e. The third-order valence-electron chi connectivity index (χ3n) is 5.12. The molecule has 0 aliphatic carbocycles. The van der Waals surface area contributed by atoms with Crippen LogP contribution in [0.3, 0.4) is 0 Å². The molecule has 1 saturated heterocycles. The molecular weight excluding hydrogens is 387 g/mol. The van der Waals surface area contributed by atoms with Gasteiger partial charge >= 0.3 is 0 Å². The van der Waals surface area contributed by atoms with E-state index in [1.54, 1.807) is 24.3 Å². The van der Waals surface area contributed by atoms with Crippen LogP contribution in [0.15, 0.2) is 52.8 Å². The number of rotatable bonds is 5. The summed E-state index contributed by atoms with van der Waals surface area (Å²) in [4.78, 5) is 6.75. The monoisotopic (exact) mass is 408 g/mol. The molecule has 0 saturated carbocycles. The van der Waals surface area contributed by atoms with Crippen LogP contribution >= 0.6 is 11.8 Å². The van der Waals surface area contributed by atoms with E-state index in [2.05, 4.69) is 33.1 Å². The Labute approximate surface area is 173 Å². The Hall–Kier alpha value is -2.76. The third-order valence-corrected chi connectivity index (χ3v) is 6.01. The molecule has 2 aromatic heterocycles. The zero-order chi connectivity index (χ0) is 20.2. The van der Waals surface area contributed by atoms with Gasteiger partial charge in [-0.15, -0.1) is 10.2 Å². The van der Waals surface area contributed by atoms with Gasteiger partial charge in [0.05, 0.1) is 11.6 Å². The highest BCUT2D eigenvalue weighted by atomic mass is 32.2. The van der Waals surface area contributed by atoms with Gasteiger partial charge in [-0.05, 0) is 81.0 Å². The zero-order valence-electron chi connectivity index (χ0n) is 16.1. The van der Waals surface area contributed by atoms with Gasteiger partial charge in [0.1, 0.15) is 16.9 Å². The summed E-state index contributed by atoms with van der Waals surface area (Å²) in [5.41, 5.74) is 1.32. The number of halogens is 1. The molecule has 1 aliphatic heterocycles. The molecule has 29 heavy (non-hydrogen) atoms. The number of nitrogens with zero attached hydrogens (tertiary/aromatic N) is 6. The minimum absolute atomic E-state index is 0.0936. The number of aromatic nitrogens is 4. The lowest BCUT2D eigenvalue weighted by Gasteiger charge is -2.31. The topological polar surface area (TPSA) is 70.6 Å². The van der Waals surface area contributed by atoms with E-state index in [4.69, 9.17) is 5.26 Å². The molecule has 1 aromatic carbocycles.